The van der Waals surface area contributed by atoms with Gasteiger partial charge < -0.3 is 0 Å². The molecule has 2 bridgehead atoms. The molecule has 8 rings (SSSR count). The molecule has 1 fully saturated rings. The van der Waals surface area contributed by atoms with Gasteiger partial charge in [0.25, 0.3) is 0 Å². The van der Waals surface area contributed by atoms with Crippen LogP contribution in [0, 0.1) is 11.8 Å². The van der Waals surface area contributed by atoms with E-state index >= 15 is 0 Å². The minimum atomic E-state index is -0.850. The van der Waals surface area contributed by atoms with Gasteiger partial charge in [-0.25, -0.2) is 4.90 Å². The summed E-state index contributed by atoms with van der Waals surface area (Å²) >= 11 is 10.3. The summed E-state index contributed by atoms with van der Waals surface area (Å²) in [5, 5.41) is 0.358. The van der Waals surface area contributed by atoms with Crippen LogP contribution in [0.4, 0.5) is 5.69 Å². The number of carbonyl (C=O) groups is 3. The molecule has 0 radical (unpaired) electrons. The summed E-state index contributed by atoms with van der Waals surface area (Å²) in [4.78, 5) is 43.3. The maximum atomic E-state index is 14.3. The molecule has 0 aromatic heterocycles. The molecule has 3 aliphatic carbocycles. The molecular formula is C31H19BrClNO3. The predicted molar refractivity (Wildman–Crippen MR) is 145 cm³/mol. The smallest absolute Gasteiger partial charge is 0.239 e. The highest BCUT2D eigenvalue weighted by Gasteiger charge is 2.67. The maximum absolute atomic E-state index is 14.3. The third kappa shape index (κ3) is 2.93. The lowest BCUT2D eigenvalue weighted by molar-refractivity contribution is -0.122. The fourth-order valence-corrected chi connectivity index (χ4v) is 7.92. The first-order valence-electron chi connectivity index (χ1n) is 12.1. The predicted octanol–water partition coefficient (Wildman–Crippen LogP) is 6.47. The Morgan fingerprint density at radius 3 is 2.03 bits per heavy atom. The number of benzene rings is 4. The van der Waals surface area contributed by atoms with Crippen LogP contribution in [-0.2, 0) is 13.9 Å². The number of alkyl halides is 1. The standard InChI is InChI=1S/C31H19BrClNO3/c32-31-22-12-6-4-10-19(22)25(20-11-5-7-13-23(20)31)26-27(31)30(37)34(29(26)36)24-15-14-18(33)16-21(24)28(35)17-8-2-1-3-9-17/h1-16,25-27H/t25?,26-,27+,31?/m1/s1. The molecule has 0 saturated carbocycles. The van der Waals surface area contributed by atoms with Crippen molar-refractivity contribution in [3.8, 4) is 0 Å². The van der Waals surface area contributed by atoms with E-state index in [0.717, 1.165) is 22.3 Å². The number of rotatable bonds is 3. The molecule has 0 spiro atoms. The first-order valence-corrected chi connectivity index (χ1v) is 13.2. The molecule has 6 heteroatoms. The lowest BCUT2D eigenvalue weighted by atomic mass is 9.55. The van der Waals surface area contributed by atoms with Gasteiger partial charge in [0, 0.05) is 22.1 Å². The average Bonchev–Trinajstić information content (AvgIpc) is 3.20. The summed E-state index contributed by atoms with van der Waals surface area (Å²) in [7, 11) is 0. The number of carbonyl (C=O) groups excluding carboxylic acids is 3. The molecule has 4 aromatic carbocycles. The molecule has 1 heterocycles. The molecule has 2 amide bonds. The fraction of sp³-hybridized carbons (Fsp3) is 0.129. The van der Waals surface area contributed by atoms with Gasteiger partial charge in [0.15, 0.2) is 5.78 Å². The minimum Gasteiger partial charge on any atom is -0.289 e. The second-order valence-electron chi connectivity index (χ2n) is 9.74. The van der Waals surface area contributed by atoms with Gasteiger partial charge in [-0.1, -0.05) is 106 Å². The topological polar surface area (TPSA) is 54.5 Å². The molecule has 0 unspecified atom stereocenters. The van der Waals surface area contributed by atoms with E-state index in [4.69, 9.17) is 11.6 Å². The van der Waals surface area contributed by atoms with Crippen LogP contribution in [0.5, 0.6) is 0 Å². The lowest BCUT2D eigenvalue weighted by Gasteiger charge is -2.51. The Morgan fingerprint density at radius 1 is 0.784 bits per heavy atom. The number of ketones is 1. The van der Waals surface area contributed by atoms with Crippen LogP contribution in [0.15, 0.2) is 97.1 Å². The van der Waals surface area contributed by atoms with Crippen molar-refractivity contribution in [2.24, 2.45) is 11.8 Å². The van der Waals surface area contributed by atoms with Crippen molar-refractivity contribution in [3.05, 3.63) is 135 Å². The second kappa shape index (κ2) is 7.98. The molecule has 0 N–H and O–H groups in total. The molecule has 1 saturated heterocycles. The van der Waals surface area contributed by atoms with Gasteiger partial charge in [0.05, 0.1) is 21.8 Å². The largest absolute Gasteiger partial charge is 0.289 e. The summed E-state index contributed by atoms with van der Waals surface area (Å²) in [6, 6.07) is 29.6. The first-order chi connectivity index (χ1) is 17.9. The highest BCUT2D eigenvalue weighted by molar-refractivity contribution is 9.09. The summed E-state index contributed by atoms with van der Waals surface area (Å²) < 4.78 is -0.850. The van der Waals surface area contributed by atoms with E-state index in [1.807, 2.05) is 42.5 Å². The van der Waals surface area contributed by atoms with Gasteiger partial charge >= 0.3 is 0 Å². The van der Waals surface area contributed by atoms with Crippen LogP contribution < -0.4 is 4.90 Å². The molecule has 1 aliphatic heterocycles. The third-order valence-corrected chi connectivity index (χ3v) is 9.58. The minimum absolute atomic E-state index is 0.227. The number of anilines is 1. The Labute approximate surface area is 227 Å². The lowest BCUT2D eigenvalue weighted by Crippen LogP contribution is -2.50. The van der Waals surface area contributed by atoms with Crippen LogP contribution in [0.1, 0.15) is 44.1 Å². The number of nitrogens with zero attached hydrogens (tertiary/aromatic N) is 1. The monoisotopic (exact) mass is 567 g/mol. The molecule has 4 aliphatic rings. The van der Waals surface area contributed by atoms with E-state index in [-0.39, 0.29) is 34.8 Å². The van der Waals surface area contributed by atoms with E-state index in [9.17, 15) is 14.4 Å². The summed E-state index contributed by atoms with van der Waals surface area (Å²) in [6.45, 7) is 0. The summed E-state index contributed by atoms with van der Waals surface area (Å²) in [6.07, 6.45) is 0. The molecule has 4 nitrogen and oxygen atoms in total. The third-order valence-electron chi connectivity index (χ3n) is 7.99. The Morgan fingerprint density at radius 2 is 1.38 bits per heavy atom. The van der Waals surface area contributed by atoms with Crippen molar-refractivity contribution in [1.29, 1.82) is 0 Å². The van der Waals surface area contributed by atoms with E-state index < -0.39 is 16.2 Å². The highest BCUT2D eigenvalue weighted by Crippen LogP contribution is 2.66. The molecule has 2 atom stereocenters. The quantitative estimate of drug-likeness (QED) is 0.162. The zero-order valence-corrected chi connectivity index (χ0v) is 21.7. The van der Waals surface area contributed by atoms with Gasteiger partial charge in [-0.05, 0) is 40.5 Å². The Bertz CT molecular complexity index is 1600. The molecule has 180 valence electrons. The van der Waals surface area contributed by atoms with Crippen LogP contribution >= 0.6 is 27.5 Å². The fourth-order valence-electron chi connectivity index (χ4n) is 6.55. The second-order valence-corrected chi connectivity index (χ2v) is 11.4. The van der Waals surface area contributed by atoms with Crippen LogP contribution in [-0.4, -0.2) is 17.6 Å². The normalized spacial score (nSPS) is 25.0. The Hall–Kier alpha value is -3.54. The van der Waals surface area contributed by atoms with E-state index in [0.29, 0.717) is 10.6 Å². The zero-order chi connectivity index (χ0) is 25.5. The average molecular weight is 569 g/mol. The van der Waals surface area contributed by atoms with Crippen LogP contribution in [0.3, 0.4) is 0 Å². The molecule has 37 heavy (non-hydrogen) atoms. The van der Waals surface area contributed by atoms with Crippen molar-refractivity contribution in [3.63, 3.8) is 0 Å². The SMILES string of the molecule is O=C(c1ccccc1)c1cc(Cl)ccc1N1C(=O)[C@@H]2C3c4ccccc4C(Br)(c4ccccc43)[C@@H]2C1=O. The van der Waals surface area contributed by atoms with Crippen LogP contribution in [0.2, 0.25) is 5.02 Å². The Kier molecular flexibility index (Phi) is 4.88. The van der Waals surface area contributed by atoms with Crippen molar-refractivity contribution in [1.82, 2.24) is 0 Å². The molecule has 4 aromatic rings. The summed E-state index contributed by atoms with van der Waals surface area (Å²) in [5.74, 6) is -2.39. The van der Waals surface area contributed by atoms with Gasteiger partial charge in [-0.15, -0.1) is 0 Å². The van der Waals surface area contributed by atoms with Crippen LogP contribution in [0.25, 0.3) is 0 Å². The molecular weight excluding hydrogens is 550 g/mol. The van der Waals surface area contributed by atoms with Crippen molar-refractivity contribution in [2.45, 2.75) is 10.2 Å². The van der Waals surface area contributed by atoms with Crippen molar-refractivity contribution >= 4 is 50.8 Å². The number of amides is 2. The van der Waals surface area contributed by atoms with E-state index in [1.165, 1.54) is 11.0 Å². The first kappa shape index (κ1) is 22.6. The number of halogens is 2. The Balaban J connectivity index is 1.42. The highest BCUT2D eigenvalue weighted by atomic mass is 79.9. The van der Waals surface area contributed by atoms with Crippen molar-refractivity contribution in [2.75, 3.05) is 4.90 Å². The number of hydrogen-bond donors (Lipinski definition) is 0. The number of hydrogen-bond acceptors (Lipinski definition) is 3. The van der Waals surface area contributed by atoms with Crippen molar-refractivity contribution < 1.29 is 14.4 Å². The maximum Gasteiger partial charge on any atom is 0.239 e. The van der Waals surface area contributed by atoms with E-state index in [1.54, 1.807) is 36.4 Å². The summed E-state index contributed by atoms with van der Waals surface area (Å²) in [5.41, 5.74) is 5.09. The van der Waals surface area contributed by atoms with Gasteiger partial charge in [0.1, 0.15) is 0 Å². The van der Waals surface area contributed by atoms with Gasteiger partial charge in [-0.3, -0.25) is 14.4 Å². The van der Waals surface area contributed by atoms with Gasteiger partial charge in [-0.2, -0.15) is 0 Å². The van der Waals surface area contributed by atoms with Gasteiger partial charge in [0.2, 0.25) is 11.8 Å². The van der Waals surface area contributed by atoms with E-state index in [2.05, 4.69) is 28.1 Å². The zero-order valence-electron chi connectivity index (χ0n) is 19.4. The number of imide groups is 1.